The van der Waals surface area contributed by atoms with Gasteiger partial charge in [0.2, 0.25) is 0 Å². The topological polar surface area (TPSA) is 124 Å². The molecule has 3 aliphatic heterocycles. The minimum atomic E-state index is -0.757. The molecule has 10 heteroatoms. The van der Waals surface area contributed by atoms with Crippen molar-refractivity contribution >= 4 is 12.4 Å². The Labute approximate surface area is 194 Å². The molecule has 0 aliphatic carbocycles. The highest BCUT2D eigenvalue weighted by Gasteiger charge is 2.53. The summed E-state index contributed by atoms with van der Waals surface area (Å²) >= 11 is 0. The normalized spacial score (nSPS) is 27.9. The fourth-order valence-corrected chi connectivity index (χ4v) is 4.89. The Balaban J connectivity index is 0.000000968. The van der Waals surface area contributed by atoms with Gasteiger partial charge in [-0.2, -0.15) is 0 Å². The van der Waals surface area contributed by atoms with Crippen molar-refractivity contribution in [3.8, 4) is 0 Å². The van der Waals surface area contributed by atoms with E-state index in [0.717, 1.165) is 65.3 Å². The molecule has 1 amide bonds. The summed E-state index contributed by atoms with van der Waals surface area (Å²) < 4.78 is 11.6. The first-order valence-corrected chi connectivity index (χ1v) is 11.6. The van der Waals surface area contributed by atoms with Gasteiger partial charge in [-0.1, -0.05) is 6.07 Å². The van der Waals surface area contributed by atoms with E-state index in [0.29, 0.717) is 18.7 Å². The van der Waals surface area contributed by atoms with E-state index in [-0.39, 0.29) is 12.4 Å². The van der Waals surface area contributed by atoms with Crippen LogP contribution in [0.2, 0.25) is 0 Å². The smallest absolute Gasteiger partial charge is 0.290 e. The van der Waals surface area contributed by atoms with E-state index in [4.69, 9.17) is 19.4 Å². The number of likely N-dealkylation sites (tertiary alicyclic amines) is 1. The number of nitrogens with zero attached hydrogens (tertiary/aromatic N) is 3. The van der Waals surface area contributed by atoms with Crippen LogP contribution in [0.3, 0.4) is 0 Å². The molecule has 3 aliphatic rings. The Kier molecular flexibility index (Phi) is 9.16. The molecule has 0 bridgehead atoms. The van der Waals surface area contributed by atoms with Crippen LogP contribution in [0, 0.1) is 0 Å². The standard InChI is InChI=1S/C22H34N4O4.CH2O2/c1-21(24-19(27)18-4-2-3-8-23-18)7-15-30-22(20(21)28)5-9-25(10-6-22)11-12-26-13-16-29-17-14-26;2-1-3/h2-4,8,20,28H,5-7,9-17H2,1H3,(H,24,27);1H,(H,2,3)/t20-,21+;/m0./s1. The van der Waals surface area contributed by atoms with Crippen molar-refractivity contribution < 1.29 is 29.3 Å². The zero-order chi connectivity index (χ0) is 23.7. The zero-order valence-electron chi connectivity index (χ0n) is 19.3. The molecule has 3 fully saturated rings. The summed E-state index contributed by atoms with van der Waals surface area (Å²) in [4.78, 5) is 30.1. The van der Waals surface area contributed by atoms with Gasteiger partial charge in [0.1, 0.15) is 11.8 Å². The van der Waals surface area contributed by atoms with Crippen LogP contribution in [0.5, 0.6) is 0 Å². The van der Waals surface area contributed by atoms with Crippen LogP contribution < -0.4 is 5.32 Å². The molecule has 184 valence electrons. The molecule has 33 heavy (non-hydrogen) atoms. The summed E-state index contributed by atoms with van der Waals surface area (Å²) in [7, 11) is 0. The average molecular weight is 465 g/mol. The van der Waals surface area contributed by atoms with E-state index < -0.39 is 17.2 Å². The number of carbonyl (C=O) groups is 2. The van der Waals surface area contributed by atoms with Crippen molar-refractivity contribution in [2.75, 3.05) is 59.1 Å². The van der Waals surface area contributed by atoms with Gasteiger partial charge in [0.15, 0.2) is 0 Å². The monoisotopic (exact) mass is 464 g/mol. The largest absolute Gasteiger partial charge is 0.483 e. The molecule has 4 rings (SSSR count). The van der Waals surface area contributed by atoms with Crippen molar-refractivity contribution in [2.45, 2.75) is 43.4 Å². The number of aliphatic hydroxyl groups is 1. The number of pyridine rings is 1. The molecular weight excluding hydrogens is 428 g/mol. The first kappa shape index (κ1) is 25.5. The van der Waals surface area contributed by atoms with Gasteiger partial charge in [0.25, 0.3) is 12.4 Å². The van der Waals surface area contributed by atoms with Gasteiger partial charge >= 0.3 is 0 Å². The summed E-state index contributed by atoms with van der Waals surface area (Å²) in [6.07, 6.45) is 2.97. The van der Waals surface area contributed by atoms with Crippen molar-refractivity contribution in [1.82, 2.24) is 20.1 Å². The highest BCUT2D eigenvalue weighted by molar-refractivity contribution is 5.92. The predicted molar refractivity (Wildman–Crippen MR) is 121 cm³/mol. The second-order valence-corrected chi connectivity index (χ2v) is 9.05. The summed E-state index contributed by atoms with van der Waals surface area (Å²) in [5.41, 5.74) is -0.965. The predicted octanol–water partition coefficient (Wildman–Crippen LogP) is 0.219. The third kappa shape index (κ3) is 6.48. The van der Waals surface area contributed by atoms with Gasteiger partial charge < -0.3 is 29.9 Å². The summed E-state index contributed by atoms with van der Waals surface area (Å²) in [5, 5.41) is 21.3. The summed E-state index contributed by atoms with van der Waals surface area (Å²) in [6, 6.07) is 5.26. The average Bonchev–Trinajstić information content (AvgIpc) is 2.84. The van der Waals surface area contributed by atoms with Gasteiger partial charge in [0, 0.05) is 52.1 Å². The van der Waals surface area contributed by atoms with Crippen LogP contribution in [0.25, 0.3) is 0 Å². The molecule has 3 saturated heterocycles. The second-order valence-electron chi connectivity index (χ2n) is 9.05. The van der Waals surface area contributed by atoms with Crippen LogP contribution in [-0.2, 0) is 14.3 Å². The number of ether oxygens (including phenoxy) is 2. The van der Waals surface area contributed by atoms with E-state index >= 15 is 0 Å². The van der Waals surface area contributed by atoms with Crippen molar-refractivity contribution in [2.24, 2.45) is 0 Å². The van der Waals surface area contributed by atoms with E-state index in [2.05, 4.69) is 20.1 Å². The quantitative estimate of drug-likeness (QED) is 0.525. The molecule has 3 N–H and O–H groups in total. The van der Waals surface area contributed by atoms with Gasteiger partial charge in [-0.15, -0.1) is 0 Å². The first-order chi connectivity index (χ1) is 15.9. The molecular formula is C23H36N4O6. The van der Waals surface area contributed by atoms with Crippen LogP contribution in [0.15, 0.2) is 24.4 Å². The van der Waals surface area contributed by atoms with Crippen LogP contribution in [0.1, 0.15) is 36.7 Å². The molecule has 0 radical (unpaired) electrons. The lowest BCUT2D eigenvalue weighted by atomic mass is 9.73. The Hall–Kier alpha value is -2.11. The minimum absolute atomic E-state index is 0.250. The molecule has 0 unspecified atom stereocenters. The Morgan fingerprint density at radius 1 is 1.15 bits per heavy atom. The third-order valence-electron chi connectivity index (χ3n) is 6.95. The number of carbonyl (C=O) groups excluding carboxylic acids is 1. The maximum Gasteiger partial charge on any atom is 0.290 e. The fourth-order valence-electron chi connectivity index (χ4n) is 4.89. The second kappa shape index (κ2) is 11.8. The molecule has 2 atom stereocenters. The molecule has 1 aromatic rings. The fraction of sp³-hybridized carbons (Fsp3) is 0.696. The van der Waals surface area contributed by atoms with Gasteiger partial charge in [-0.3, -0.25) is 19.5 Å². The molecule has 0 aromatic carbocycles. The van der Waals surface area contributed by atoms with Crippen molar-refractivity contribution in [3.05, 3.63) is 30.1 Å². The van der Waals surface area contributed by atoms with E-state index in [9.17, 15) is 9.90 Å². The number of hydrogen-bond acceptors (Lipinski definition) is 8. The number of piperidine rings is 1. The molecule has 10 nitrogen and oxygen atoms in total. The molecule has 4 heterocycles. The Morgan fingerprint density at radius 2 is 1.79 bits per heavy atom. The van der Waals surface area contributed by atoms with Crippen LogP contribution in [-0.4, -0.2) is 114 Å². The van der Waals surface area contributed by atoms with Gasteiger partial charge in [-0.25, -0.2) is 0 Å². The number of aliphatic hydroxyl groups excluding tert-OH is 1. The number of morpholine rings is 1. The number of nitrogens with one attached hydrogen (secondary N) is 1. The van der Waals surface area contributed by atoms with Gasteiger partial charge in [-0.05, 0) is 38.3 Å². The highest BCUT2D eigenvalue weighted by atomic mass is 16.5. The summed E-state index contributed by atoms with van der Waals surface area (Å²) in [5.74, 6) is -0.253. The van der Waals surface area contributed by atoms with Crippen LogP contribution in [0.4, 0.5) is 0 Å². The lowest BCUT2D eigenvalue weighted by molar-refractivity contribution is -0.205. The third-order valence-corrected chi connectivity index (χ3v) is 6.95. The zero-order valence-corrected chi connectivity index (χ0v) is 19.3. The number of amides is 1. The van der Waals surface area contributed by atoms with Gasteiger partial charge in [0.05, 0.1) is 24.4 Å². The highest BCUT2D eigenvalue weighted by Crippen LogP contribution is 2.40. The van der Waals surface area contributed by atoms with Crippen LogP contribution >= 0.6 is 0 Å². The van der Waals surface area contributed by atoms with Crippen molar-refractivity contribution in [3.63, 3.8) is 0 Å². The number of aromatic nitrogens is 1. The maximum atomic E-state index is 12.7. The Bertz CT molecular complexity index is 753. The number of carboxylic acid groups (broad SMARTS) is 1. The van der Waals surface area contributed by atoms with E-state index in [1.165, 1.54) is 0 Å². The Morgan fingerprint density at radius 3 is 2.39 bits per heavy atom. The minimum Gasteiger partial charge on any atom is -0.483 e. The lowest BCUT2D eigenvalue weighted by Gasteiger charge is -2.53. The number of rotatable bonds is 5. The molecule has 1 spiro atoms. The van der Waals surface area contributed by atoms with E-state index in [1.54, 1.807) is 24.4 Å². The SMILES string of the molecule is C[C@@]1(NC(=O)c2ccccn2)CCOC2(CCN(CCN3CCOCC3)CC2)[C@H]1O.O=CO. The lowest BCUT2D eigenvalue weighted by Crippen LogP contribution is -2.69. The molecule has 1 aromatic heterocycles. The van der Waals surface area contributed by atoms with Crippen molar-refractivity contribution in [1.29, 1.82) is 0 Å². The number of hydrogen-bond donors (Lipinski definition) is 3. The van der Waals surface area contributed by atoms with E-state index in [1.807, 2.05) is 6.92 Å². The summed E-state index contributed by atoms with van der Waals surface area (Å²) in [6.45, 7) is 9.74. The molecule has 0 saturated carbocycles. The maximum absolute atomic E-state index is 12.7. The first-order valence-electron chi connectivity index (χ1n) is 11.6.